The van der Waals surface area contributed by atoms with Gasteiger partial charge in [-0.1, -0.05) is 36.4 Å². The summed E-state index contributed by atoms with van der Waals surface area (Å²) in [5, 5.41) is 0. The van der Waals surface area contributed by atoms with Crippen LogP contribution in [0.5, 0.6) is 11.5 Å². The van der Waals surface area contributed by atoms with E-state index in [0.29, 0.717) is 6.61 Å². The van der Waals surface area contributed by atoms with Gasteiger partial charge in [-0.05, 0) is 42.5 Å². The number of benzene rings is 2. The van der Waals surface area contributed by atoms with Crippen LogP contribution in [0.1, 0.15) is 36.5 Å². The fourth-order valence-electron chi connectivity index (χ4n) is 5.31. The third-order valence-corrected chi connectivity index (χ3v) is 6.84. The van der Waals surface area contributed by atoms with Crippen LogP contribution in [0.3, 0.4) is 0 Å². The first kappa shape index (κ1) is 20.3. The van der Waals surface area contributed by atoms with E-state index in [9.17, 15) is 4.79 Å². The molecule has 0 bridgehead atoms. The molecule has 164 valence electrons. The highest BCUT2D eigenvalue weighted by Crippen LogP contribution is 2.39. The second kappa shape index (κ2) is 8.52. The molecule has 0 aromatic heterocycles. The number of nitrogens with zero attached hydrogens (tertiary/aromatic N) is 2. The van der Waals surface area contributed by atoms with Gasteiger partial charge in [-0.25, -0.2) is 0 Å². The largest absolute Gasteiger partial charge is 0.485 e. The molecule has 2 saturated heterocycles. The Hall–Kier alpha value is -2.57. The first-order valence-electron chi connectivity index (χ1n) is 11.2. The van der Waals surface area contributed by atoms with Crippen LogP contribution in [0.4, 0.5) is 0 Å². The number of hydrogen-bond acceptors (Lipinski definition) is 5. The first-order chi connectivity index (χ1) is 15.2. The number of amides is 1. The van der Waals surface area contributed by atoms with Crippen LogP contribution in [0.15, 0.2) is 48.5 Å². The Balaban J connectivity index is 1.21. The van der Waals surface area contributed by atoms with Gasteiger partial charge in [0, 0.05) is 33.3 Å². The van der Waals surface area contributed by atoms with E-state index in [1.807, 2.05) is 24.3 Å². The van der Waals surface area contributed by atoms with Crippen molar-refractivity contribution in [2.75, 3.05) is 40.0 Å². The molecule has 0 saturated carbocycles. The number of methoxy groups -OCH3 is 1. The number of hydrogen-bond donors (Lipinski definition) is 0. The number of ether oxygens (including phenoxy) is 3. The summed E-state index contributed by atoms with van der Waals surface area (Å²) in [4.78, 5) is 17.1. The molecule has 5 rings (SSSR count). The standard InChI is InChI=1S/C25H30N2O4/c1-29-17-24(28)27-13-4-11-25(27)12-14-26(18-25)15-19-7-9-20(10-8-19)23-16-30-21-5-2-3-6-22(21)31-23/h2-3,5-10,23H,4,11-18H2,1H3. The summed E-state index contributed by atoms with van der Waals surface area (Å²) >= 11 is 0. The zero-order valence-electron chi connectivity index (χ0n) is 18.1. The van der Waals surface area contributed by atoms with Gasteiger partial charge in [0.05, 0.1) is 5.54 Å². The van der Waals surface area contributed by atoms with Crippen molar-refractivity contribution in [3.63, 3.8) is 0 Å². The molecule has 31 heavy (non-hydrogen) atoms. The molecule has 2 unspecified atom stereocenters. The van der Waals surface area contributed by atoms with Crippen LogP contribution in [-0.2, 0) is 16.1 Å². The van der Waals surface area contributed by atoms with Gasteiger partial charge < -0.3 is 19.1 Å². The monoisotopic (exact) mass is 422 g/mol. The second-order valence-corrected chi connectivity index (χ2v) is 8.87. The van der Waals surface area contributed by atoms with Gasteiger partial charge in [-0.15, -0.1) is 0 Å². The number of carbonyl (C=O) groups excluding carboxylic acids is 1. The number of para-hydroxylation sites is 2. The Morgan fingerprint density at radius 2 is 1.90 bits per heavy atom. The topological polar surface area (TPSA) is 51.2 Å². The number of fused-ring (bicyclic) bond motifs is 1. The smallest absolute Gasteiger partial charge is 0.249 e. The van der Waals surface area contributed by atoms with Crippen molar-refractivity contribution in [1.29, 1.82) is 0 Å². The lowest BCUT2D eigenvalue weighted by Crippen LogP contribution is -2.50. The highest BCUT2D eigenvalue weighted by atomic mass is 16.6. The van der Waals surface area contributed by atoms with E-state index in [-0.39, 0.29) is 24.2 Å². The molecule has 0 radical (unpaired) electrons. The summed E-state index contributed by atoms with van der Waals surface area (Å²) in [5.74, 6) is 1.74. The number of likely N-dealkylation sites (tertiary alicyclic amines) is 2. The Bertz CT molecular complexity index is 931. The van der Waals surface area contributed by atoms with Gasteiger partial charge in [0.2, 0.25) is 5.91 Å². The quantitative estimate of drug-likeness (QED) is 0.739. The maximum Gasteiger partial charge on any atom is 0.249 e. The normalized spacial score (nSPS) is 25.3. The molecule has 3 aliphatic rings. The summed E-state index contributed by atoms with van der Waals surface area (Å²) in [5.41, 5.74) is 2.41. The number of rotatable bonds is 5. The fourth-order valence-corrected chi connectivity index (χ4v) is 5.31. The molecule has 6 heteroatoms. The lowest BCUT2D eigenvalue weighted by Gasteiger charge is -2.35. The third kappa shape index (κ3) is 4.02. The molecule has 0 aliphatic carbocycles. The van der Waals surface area contributed by atoms with Crippen molar-refractivity contribution in [2.45, 2.75) is 37.5 Å². The molecular weight excluding hydrogens is 392 g/mol. The highest BCUT2D eigenvalue weighted by Gasteiger charge is 2.47. The summed E-state index contributed by atoms with van der Waals surface area (Å²) in [6.07, 6.45) is 3.15. The Labute approximate surface area is 183 Å². The van der Waals surface area contributed by atoms with E-state index >= 15 is 0 Å². The predicted molar refractivity (Wildman–Crippen MR) is 117 cm³/mol. The molecule has 3 aliphatic heterocycles. The molecule has 2 aromatic carbocycles. The van der Waals surface area contributed by atoms with Gasteiger partial charge in [-0.2, -0.15) is 0 Å². The summed E-state index contributed by atoms with van der Waals surface area (Å²) in [6, 6.07) is 16.5. The average molecular weight is 423 g/mol. The molecular formula is C25H30N2O4. The van der Waals surface area contributed by atoms with Crippen LogP contribution in [0.2, 0.25) is 0 Å². The van der Waals surface area contributed by atoms with E-state index in [1.165, 1.54) is 5.56 Å². The van der Waals surface area contributed by atoms with E-state index in [2.05, 4.69) is 34.1 Å². The molecule has 2 fully saturated rings. The minimum Gasteiger partial charge on any atom is -0.485 e. The summed E-state index contributed by atoms with van der Waals surface area (Å²) < 4.78 is 17.1. The highest BCUT2D eigenvalue weighted by molar-refractivity contribution is 5.78. The average Bonchev–Trinajstić information content (AvgIpc) is 3.40. The van der Waals surface area contributed by atoms with Crippen LogP contribution in [0.25, 0.3) is 0 Å². The van der Waals surface area contributed by atoms with E-state index in [4.69, 9.17) is 14.2 Å². The van der Waals surface area contributed by atoms with Crippen molar-refractivity contribution in [3.8, 4) is 11.5 Å². The molecule has 1 amide bonds. The van der Waals surface area contributed by atoms with E-state index < -0.39 is 0 Å². The minimum atomic E-state index is -0.0853. The molecule has 1 spiro atoms. The zero-order valence-corrected chi connectivity index (χ0v) is 18.1. The Kier molecular flexibility index (Phi) is 5.59. The maximum atomic E-state index is 12.5. The van der Waals surface area contributed by atoms with Crippen LogP contribution in [0, 0.1) is 0 Å². The fraction of sp³-hybridized carbons (Fsp3) is 0.480. The maximum absolute atomic E-state index is 12.5. The van der Waals surface area contributed by atoms with Crippen molar-refractivity contribution < 1.29 is 19.0 Å². The molecule has 2 atom stereocenters. The van der Waals surface area contributed by atoms with Gasteiger partial charge in [-0.3, -0.25) is 9.69 Å². The van der Waals surface area contributed by atoms with E-state index in [1.54, 1.807) is 7.11 Å². The lowest BCUT2D eigenvalue weighted by atomic mass is 9.95. The SMILES string of the molecule is COCC(=O)N1CCCC12CCN(Cc1ccc(C3COc4ccccc4O3)cc1)C2. The molecule has 3 heterocycles. The number of carbonyl (C=O) groups is 1. The molecule has 2 aromatic rings. The van der Waals surface area contributed by atoms with Gasteiger partial charge >= 0.3 is 0 Å². The minimum absolute atomic E-state index is 0.00375. The molecule has 6 nitrogen and oxygen atoms in total. The predicted octanol–water partition coefficient (Wildman–Crippen LogP) is 3.41. The van der Waals surface area contributed by atoms with Gasteiger partial charge in [0.25, 0.3) is 0 Å². The summed E-state index contributed by atoms with van der Waals surface area (Å²) in [6.45, 7) is 4.43. The van der Waals surface area contributed by atoms with Crippen LogP contribution >= 0.6 is 0 Å². The zero-order chi connectivity index (χ0) is 21.3. The summed E-state index contributed by atoms with van der Waals surface area (Å²) in [7, 11) is 1.59. The Morgan fingerprint density at radius 1 is 1.10 bits per heavy atom. The second-order valence-electron chi connectivity index (χ2n) is 8.87. The van der Waals surface area contributed by atoms with Crippen molar-refractivity contribution in [3.05, 3.63) is 59.7 Å². The lowest BCUT2D eigenvalue weighted by molar-refractivity contribution is -0.139. The van der Waals surface area contributed by atoms with E-state index in [0.717, 1.165) is 62.5 Å². The van der Waals surface area contributed by atoms with Crippen molar-refractivity contribution in [1.82, 2.24) is 9.80 Å². The molecule has 0 N–H and O–H groups in total. The van der Waals surface area contributed by atoms with Crippen LogP contribution in [-0.4, -0.2) is 61.2 Å². The van der Waals surface area contributed by atoms with Gasteiger partial charge in [0.1, 0.15) is 13.2 Å². The van der Waals surface area contributed by atoms with Crippen LogP contribution < -0.4 is 9.47 Å². The Morgan fingerprint density at radius 3 is 2.71 bits per heavy atom. The third-order valence-electron chi connectivity index (χ3n) is 6.84. The van der Waals surface area contributed by atoms with Gasteiger partial charge in [0.15, 0.2) is 17.6 Å². The van der Waals surface area contributed by atoms with Crippen molar-refractivity contribution in [2.24, 2.45) is 0 Å². The van der Waals surface area contributed by atoms with Crippen molar-refractivity contribution >= 4 is 5.91 Å². The first-order valence-corrected chi connectivity index (χ1v) is 11.2.